The van der Waals surface area contributed by atoms with E-state index in [0.717, 1.165) is 50.1 Å². The Labute approximate surface area is 340 Å². The second-order valence-electron chi connectivity index (χ2n) is 22.2. The van der Waals surface area contributed by atoms with Crippen molar-refractivity contribution in [3.8, 4) is 17.2 Å². The molecule has 0 saturated carbocycles. The lowest BCUT2D eigenvalue weighted by Crippen LogP contribution is -2.55. The predicted octanol–water partition coefficient (Wildman–Crippen LogP) is 9.22. The van der Waals surface area contributed by atoms with Gasteiger partial charge < -0.3 is 15.3 Å². The summed E-state index contributed by atoms with van der Waals surface area (Å²) in [6.45, 7) is 36.1. The first-order valence-electron chi connectivity index (χ1n) is 20.1. The van der Waals surface area contributed by atoms with Gasteiger partial charge in [-0.25, -0.2) is 28.1 Å². The minimum Gasteiger partial charge on any atom is -0.508 e. The highest BCUT2D eigenvalue weighted by Crippen LogP contribution is 2.40. The molecule has 4 rings (SSSR count). The van der Waals surface area contributed by atoms with E-state index in [4.69, 9.17) is 0 Å². The Hall–Kier alpha value is -4.53. The first-order valence-corrected chi connectivity index (χ1v) is 20.1. The summed E-state index contributed by atoms with van der Waals surface area (Å²) >= 11 is 0. The van der Waals surface area contributed by atoms with Crippen molar-refractivity contribution in [1.82, 2.24) is 13.7 Å². The van der Waals surface area contributed by atoms with Crippen LogP contribution in [0.15, 0.2) is 50.8 Å². The molecule has 0 bridgehead atoms. The number of hydrogen-bond acceptors (Lipinski definition) is 6. The monoisotopic (exact) mass is 784 g/mol. The van der Waals surface area contributed by atoms with Gasteiger partial charge in [-0.15, -0.1) is 0 Å². The largest absolute Gasteiger partial charge is 0.508 e. The van der Waals surface area contributed by atoms with Crippen LogP contribution in [0.5, 0.6) is 17.2 Å². The zero-order valence-corrected chi connectivity index (χ0v) is 38.0. The van der Waals surface area contributed by atoms with Crippen LogP contribution in [0.3, 0.4) is 0 Å². The van der Waals surface area contributed by atoms with Crippen molar-refractivity contribution in [2.45, 2.75) is 177 Å². The summed E-state index contributed by atoms with van der Waals surface area (Å²) in [7, 11) is 0. The van der Waals surface area contributed by atoms with Crippen LogP contribution in [-0.4, -0.2) is 29.0 Å². The van der Waals surface area contributed by atoms with Crippen molar-refractivity contribution < 1.29 is 15.3 Å². The van der Waals surface area contributed by atoms with Crippen LogP contribution in [0.4, 0.5) is 0 Å². The van der Waals surface area contributed by atoms with E-state index >= 15 is 14.4 Å². The van der Waals surface area contributed by atoms with Crippen LogP contribution in [0, 0.1) is 0 Å². The Balaban J connectivity index is 2.26. The molecule has 0 fully saturated rings. The molecule has 3 N–H and O–H groups in total. The molecule has 0 amide bonds. The van der Waals surface area contributed by atoms with E-state index in [1.165, 1.54) is 13.7 Å². The second kappa shape index (κ2) is 14.7. The van der Waals surface area contributed by atoms with Crippen molar-refractivity contribution in [2.24, 2.45) is 0 Å². The summed E-state index contributed by atoms with van der Waals surface area (Å²) < 4.78 is 3.50. The fourth-order valence-electron chi connectivity index (χ4n) is 8.06. The first kappa shape index (κ1) is 45.2. The Morgan fingerprint density at radius 1 is 0.333 bits per heavy atom. The van der Waals surface area contributed by atoms with Gasteiger partial charge in [0.25, 0.3) is 0 Å². The van der Waals surface area contributed by atoms with Crippen LogP contribution >= 0.6 is 0 Å². The van der Waals surface area contributed by atoms with E-state index < -0.39 is 49.6 Å². The topological polar surface area (TPSA) is 127 Å². The molecular formula is C48H69N3O6. The average Bonchev–Trinajstić information content (AvgIpc) is 3.01. The molecule has 3 aromatic carbocycles. The number of rotatable bonds is 6. The summed E-state index contributed by atoms with van der Waals surface area (Å²) in [6, 6.07) is 10.2. The molecule has 0 saturated heterocycles. The molecule has 4 aromatic rings. The van der Waals surface area contributed by atoms with Crippen molar-refractivity contribution in [3.63, 3.8) is 0 Å². The molecule has 0 radical (unpaired) electrons. The zero-order valence-electron chi connectivity index (χ0n) is 38.0. The molecule has 0 unspecified atom stereocenters. The second-order valence-corrected chi connectivity index (χ2v) is 22.2. The molecular weight excluding hydrogens is 715 g/mol. The van der Waals surface area contributed by atoms with Gasteiger partial charge in [-0.05, 0) is 119 Å². The molecule has 0 atom stereocenters. The van der Waals surface area contributed by atoms with Gasteiger partial charge >= 0.3 is 17.1 Å². The molecule has 0 aliphatic carbocycles. The standard InChI is InChI=1S/C48H69N3O6/c1-43(2,3)34-19-28(52)20-35(44(4,5)6)31(34)25-49-40(55)50(26-32-36(45(7,8)9)21-29(53)22-37(32)46(10,11)12)42(57)51(41(49)56)27-33-38(47(13,14)15)23-30(54)24-39(33)48(16,17)18/h19-24,52-54H,25-27H2,1-18H3. The van der Waals surface area contributed by atoms with Crippen LogP contribution in [0.1, 0.15) is 175 Å². The Morgan fingerprint density at radius 3 is 0.596 bits per heavy atom. The highest BCUT2D eigenvalue weighted by molar-refractivity contribution is 5.50. The molecule has 1 heterocycles. The van der Waals surface area contributed by atoms with Crippen molar-refractivity contribution in [3.05, 3.63) is 118 Å². The Kier molecular flexibility index (Phi) is 11.6. The maximum Gasteiger partial charge on any atom is 0.336 e. The highest BCUT2D eigenvalue weighted by atomic mass is 16.3. The van der Waals surface area contributed by atoms with Gasteiger partial charge in [-0.3, -0.25) is 0 Å². The van der Waals surface area contributed by atoms with E-state index in [1.54, 1.807) is 36.4 Å². The number of aromatic hydroxyl groups is 3. The summed E-state index contributed by atoms with van der Waals surface area (Å²) in [4.78, 5) is 45.2. The van der Waals surface area contributed by atoms with E-state index in [-0.39, 0.29) is 36.9 Å². The molecule has 0 spiro atoms. The normalized spacial score (nSPS) is 13.4. The maximum atomic E-state index is 15.1. The summed E-state index contributed by atoms with van der Waals surface area (Å²) in [5.74, 6) is 0.283. The van der Waals surface area contributed by atoms with Gasteiger partial charge in [-0.2, -0.15) is 0 Å². The van der Waals surface area contributed by atoms with Crippen LogP contribution in [0.2, 0.25) is 0 Å². The van der Waals surface area contributed by atoms with E-state index in [1.807, 2.05) is 125 Å². The Morgan fingerprint density at radius 2 is 0.474 bits per heavy atom. The lowest BCUT2D eigenvalue weighted by molar-refractivity contribution is 0.448. The van der Waals surface area contributed by atoms with E-state index in [0.29, 0.717) is 0 Å². The van der Waals surface area contributed by atoms with E-state index in [2.05, 4.69) is 0 Å². The van der Waals surface area contributed by atoms with Crippen molar-refractivity contribution in [2.75, 3.05) is 0 Å². The molecule has 0 aliphatic rings. The smallest absolute Gasteiger partial charge is 0.336 e. The average molecular weight is 784 g/mol. The minimum absolute atomic E-state index is 0.0943. The number of aromatic nitrogens is 3. The zero-order chi connectivity index (χ0) is 43.8. The summed E-state index contributed by atoms with van der Waals surface area (Å²) in [5.41, 5.74) is 1.81. The molecule has 312 valence electrons. The molecule has 9 nitrogen and oxygen atoms in total. The lowest BCUT2D eigenvalue weighted by atomic mass is 9.76. The number of nitrogens with zero attached hydrogens (tertiary/aromatic N) is 3. The highest BCUT2D eigenvalue weighted by Gasteiger charge is 2.33. The Bertz CT molecular complexity index is 1960. The number of phenolic OH excluding ortho intramolecular Hbond substituents is 3. The van der Waals surface area contributed by atoms with Crippen LogP contribution < -0.4 is 17.1 Å². The van der Waals surface area contributed by atoms with Gasteiger partial charge in [0.15, 0.2) is 0 Å². The van der Waals surface area contributed by atoms with Gasteiger partial charge in [0.05, 0.1) is 19.6 Å². The maximum absolute atomic E-state index is 15.1. The molecule has 9 heteroatoms. The third-order valence-corrected chi connectivity index (χ3v) is 10.9. The molecule has 0 aliphatic heterocycles. The van der Waals surface area contributed by atoms with Gasteiger partial charge in [0.1, 0.15) is 17.2 Å². The SMILES string of the molecule is CC(C)(C)c1cc(O)cc(C(C)(C)C)c1Cn1c(=O)n(Cc2c(C(C)(C)C)cc(O)cc2C(C)(C)C)c(=O)n(Cc2c(C(C)(C)C)cc(O)cc2C(C)(C)C)c1=O. The summed E-state index contributed by atoms with van der Waals surface area (Å²) in [6.07, 6.45) is 0. The fourth-order valence-corrected chi connectivity index (χ4v) is 8.06. The van der Waals surface area contributed by atoms with Crippen LogP contribution in [0.25, 0.3) is 0 Å². The third kappa shape index (κ3) is 9.45. The van der Waals surface area contributed by atoms with Crippen molar-refractivity contribution >= 4 is 0 Å². The summed E-state index contributed by atoms with van der Waals surface area (Å²) in [5, 5.41) is 32.9. The lowest BCUT2D eigenvalue weighted by Gasteiger charge is -2.32. The third-order valence-electron chi connectivity index (χ3n) is 10.9. The van der Waals surface area contributed by atoms with Gasteiger partial charge in [-0.1, -0.05) is 125 Å². The number of benzene rings is 3. The minimum atomic E-state index is -0.750. The first-order chi connectivity index (χ1) is 25.5. The molecule has 57 heavy (non-hydrogen) atoms. The quantitative estimate of drug-likeness (QED) is 0.179. The molecule has 1 aromatic heterocycles. The van der Waals surface area contributed by atoms with Crippen molar-refractivity contribution in [1.29, 1.82) is 0 Å². The van der Waals surface area contributed by atoms with Gasteiger partial charge in [0, 0.05) is 0 Å². The number of hydrogen-bond donors (Lipinski definition) is 3. The number of phenols is 3. The van der Waals surface area contributed by atoms with E-state index in [9.17, 15) is 15.3 Å². The fraction of sp³-hybridized carbons (Fsp3) is 0.562. The predicted molar refractivity (Wildman–Crippen MR) is 233 cm³/mol. The van der Waals surface area contributed by atoms with Crippen LogP contribution in [-0.2, 0) is 52.1 Å². The van der Waals surface area contributed by atoms with Gasteiger partial charge in [0.2, 0.25) is 0 Å².